The van der Waals surface area contributed by atoms with Gasteiger partial charge in [0, 0.05) is 18.1 Å². The number of carbonyl (C=O) groups is 2. The van der Waals surface area contributed by atoms with E-state index in [9.17, 15) is 9.59 Å². The van der Waals surface area contributed by atoms with Crippen LogP contribution in [0.15, 0.2) is 41.4 Å². The molecule has 3 aliphatic rings. The van der Waals surface area contributed by atoms with Gasteiger partial charge in [-0.25, -0.2) is 0 Å². The summed E-state index contributed by atoms with van der Waals surface area (Å²) in [6.45, 7) is 4.42. The van der Waals surface area contributed by atoms with Crippen LogP contribution in [0.25, 0.3) is 0 Å². The Morgan fingerprint density at radius 2 is 1.80 bits per heavy atom. The number of fused-ring (bicyclic) bond motifs is 5. The summed E-state index contributed by atoms with van der Waals surface area (Å²) in [5.74, 6) is 1.54. The van der Waals surface area contributed by atoms with Crippen molar-refractivity contribution < 1.29 is 14.3 Å². The van der Waals surface area contributed by atoms with Crippen LogP contribution in [0.2, 0.25) is 5.02 Å². The van der Waals surface area contributed by atoms with Crippen LogP contribution in [0, 0.1) is 23.7 Å². The minimum absolute atomic E-state index is 0.0219. The number of carbonyl (C=O) groups excluding carboxylic acids is 2. The largest absolute Gasteiger partial charge is 0.492 e. The van der Waals surface area contributed by atoms with Crippen molar-refractivity contribution in [1.29, 1.82) is 0 Å². The van der Waals surface area contributed by atoms with Crippen molar-refractivity contribution in [2.24, 2.45) is 28.7 Å². The minimum atomic E-state index is -0.146. The monoisotopic (exact) mass is 430 g/mol. The quantitative estimate of drug-likeness (QED) is 0.217. The Kier molecular flexibility index (Phi) is 6.27. The number of allylic oxidation sites excluding steroid dienone is 2. The molecule has 1 saturated heterocycles. The molecule has 30 heavy (non-hydrogen) atoms. The fraction of sp³-hybridized carbons (Fsp3) is 0.500. The summed E-state index contributed by atoms with van der Waals surface area (Å²) in [6, 6.07) is 7.21. The predicted octanol–water partition coefficient (Wildman–Crippen LogP) is 2.08. The summed E-state index contributed by atoms with van der Waals surface area (Å²) in [5.41, 5.74) is 0. The average molecular weight is 431 g/mol. The van der Waals surface area contributed by atoms with Crippen molar-refractivity contribution in [3.8, 4) is 5.75 Å². The number of halogens is 1. The zero-order valence-corrected chi connectivity index (χ0v) is 17.8. The van der Waals surface area contributed by atoms with Crippen LogP contribution in [0.3, 0.4) is 0 Å². The van der Waals surface area contributed by atoms with Gasteiger partial charge in [0.2, 0.25) is 11.8 Å². The molecule has 0 aromatic heterocycles. The standard InChI is InChI=1S/C22H27ClN4O3/c1-2-24-22(26-10-12-30-17-7-5-16(23)6-8-17)25-9-11-27-20(28)18-14-3-4-15(13-14)19(18)21(27)29/h3-8,14-15,18-19H,2,9-13H2,1H3,(H2,24,25,26). The Balaban J connectivity index is 1.24. The zero-order valence-electron chi connectivity index (χ0n) is 17.0. The van der Waals surface area contributed by atoms with E-state index in [0.29, 0.717) is 43.8 Å². The third kappa shape index (κ3) is 4.17. The molecule has 2 amide bonds. The second-order valence-electron chi connectivity index (χ2n) is 7.82. The third-order valence-corrected chi connectivity index (χ3v) is 6.23. The molecule has 2 aliphatic carbocycles. The molecular formula is C22H27ClN4O3. The van der Waals surface area contributed by atoms with Crippen molar-refractivity contribution >= 4 is 29.4 Å². The Hall–Kier alpha value is -2.54. The van der Waals surface area contributed by atoms with E-state index in [1.165, 1.54) is 4.90 Å². The zero-order chi connectivity index (χ0) is 21.1. The van der Waals surface area contributed by atoms with E-state index in [4.69, 9.17) is 16.3 Å². The highest BCUT2D eigenvalue weighted by molar-refractivity contribution is 6.30. The van der Waals surface area contributed by atoms with E-state index in [0.717, 1.165) is 12.2 Å². The normalized spacial score (nSPS) is 27.0. The lowest BCUT2D eigenvalue weighted by Crippen LogP contribution is -2.40. The lowest BCUT2D eigenvalue weighted by atomic mass is 9.85. The SMILES string of the molecule is CCNC(=NCCN1C(=O)C2C3C=CC(C3)C2C1=O)NCCOc1ccc(Cl)cc1. The van der Waals surface area contributed by atoms with Gasteiger partial charge in [-0.15, -0.1) is 0 Å². The van der Waals surface area contributed by atoms with E-state index in [1.807, 2.05) is 19.1 Å². The number of ether oxygens (including phenoxy) is 1. The smallest absolute Gasteiger partial charge is 0.233 e. The van der Waals surface area contributed by atoms with Gasteiger partial charge in [0.1, 0.15) is 12.4 Å². The molecule has 2 bridgehead atoms. The number of aliphatic imine (C=N–C) groups is 1. The van der Waals surface area contributed by atoms with Crippen LogP contribution in [0.4, 0.5) is 0 Å². The molecule has 1 saturated carbocycles. The van der Waals surface area contributed by atoms with Crippen LogP contribution < -0.4 is 15.4 Å². The lowest BCUT2D eigenvalue weighted by Gasteiger charge is -2.17. The molecule has 8 heteroatoms. The van der Waals surface area contributed by atoms with Gasteiger partial charge in [-0.2, -0.15) is 0 Å². The maximum absolute atomic E-state index is 12.7. The van der Waals surface area contributed by atoms with E-state index in [1.54, 1.807) is 12.1 Å². The Labute approximate surface area is 181 Å². The number of guanidine groups is 1. The number of benzene rings is 1. The van der Waals surface area contributed by atoms with Crippen molar-refractivity contribution in [2.45, 2.75) is 13.3 Å². The maximum atomic E-state index is 12.7. The minimum Gasteiger partial charge on any atom is -0.492 e. The number of hydrogen-bond donors (Lipinski definition) is 2. The first-order valence-electron chi connectivity index (χ1n) is 10.5. The molecule has 1 aliphatic heterocycles. The summed E-state index contributed by atoms with van der Waals surface area (Å²) in [5, 5.41) is 7.04. The molecule has 4 rings (SSSR count). The second kappa shape index (κ2) is 9.08. The third-order valence-electron chi connectivity index (χ3n) is 5.98. The highest BCUT2D eigenvalue weighted by Crippen LogP contribution is 2.52. The fourth-order valence-corrected chi connectivity index (χ4v) is 4.78. The van der Waals surface area contributed by atoms with Gasteiger partial charge in [0.25, 0.3) is 0 Å². The van der Waals surface area contributed by atoms with Gasteiger partial charge >= 0.3 is 0 Å². The first kappa shape index (κ1) is 20.7. The van der Waals surface area contributed by atoms with E-state index >= 15 is 0 Å². The van der Waals surface area contributed by atoms with Crippen molar-refractivity contribution in [2.75, 3.05) is 32.8 Å². The summed E-state index contributed by atoms with van der Waals surface area (Å²) < 4.78 is 5.66. The number of amides is 2. The van der Waals surface area contributed by atoms with Gasteiger partial charge in [-0.1, -0.05) is 23.8 Å². The molecular weight excluding hydrogens is 404 g/mol. The molecule has 1 aromatic carbocycles. The second-order valence-corrected chi connectivity index (χ2v) is 8.25. The van der Waals surface area contributed by atoms with Crippen LogP contribution in [-0.2, 0) is 9.59 Å². The van der Waals surface area contributed by atoms with Crippen molar-refractivity contribution in [1.82, 2.24) is 15.5 Å². The van der Waals surface area contributed by atoms with Crippen LogP contribution in [0.5, 0.6) is 5.75 Å². The molecule has 7 nitrogen and oxygen atoms in total. The highest BCUT2D eigenvalue weighted by atomic mass is 35.5. The summed E-state index contributed by atoms with van der Waals surface area (Å²) in [6.07, 6.45) is 5.17. The van der Waals surface area contributed by atoms with Gasteiger partial charge in [-0.3, -0.25) is 19.5 Å². The molecule has 0 radical (unpaired) electrons. The molecule has 2 N–H and O–H groups in total. The predicted molar refractivity (Wildman–Crippen MR) is 115 cm³/mol. The Bertz CT molecular complexity index is 824. The first-order valence-corrected chi connectivity index (χ1v) is 10.9. The first-order chi connectivity index (χ1) is 14.6. The summed E-state index contributed by atoms with van der Waals surface area (Å²) >= 11 is 5.87. The molecule has 160 valence electrons. The van der Waals surface area contributed by atoms with Crippen molar-refractivity contribution in [3.05, 3.63) is 41.4 Å². The number of nitrogens with zero attached hydrogens (tertiary/aromatic N) is 2. The number of likely N-dealkylation sites (tertiary alicyclic amines) is 1. The topological polar surface area (TPSA) is 83.0 Å². The van der Waals surface area contributed by atoms with Gasteiger partial charge in [0.05, 0.1) is 24.9 Å². The lowest BCUT2D eigenvalue weighted by molar-refractivity contribution is -0.140. The molecule has 4 atom stereocenters. The number of hydrogen-bond acceptors (Lipinski definition) is 4. The maximum Gasteiger partial charge on any atom is 0.233 e. The summed E-state index contributed by atoms with van der Waals surface area (Å²) in [7, 11) is 0. The average Bonchev–Trinajstić information content (AvgIpc) is 3.42. The van der Waals surface area contributed by atoms with Crippen molar-refractivity contribution in [3.63, 3.8) is 0 Å². The molecule has 1 heterocycles. The Morgan fingerprint density at radius 1 is 1.13 bits per heavy atom. The number of imide groups is 1. The number of nitrogens with one attached hydrogen (secondary N) is 2. The van der Waals surface area contributed by atoms with Crippen LogP contribution >= 0.6 is 11.6 Å². The van der Waals surface area contributed by atoms with Gasteiger partial charge in [-0.05, 0) is 49.4 Å². The van der Waals surface area contributed by atoms with Gasteiger partial charge < -0.3 is 15.4 Å². The molecule has 0 spiro atoms. The summed E-state index contributed by atoms with van der Waals surface area (Å²) in [4.78, 5) is 31.4. The van der Waals surface area contributed by atoms with Crippen LogP contribution in [-0.4, -0.2) is 55.5 Å². The van der Waals surface area contributed by atoms with Gasteiger partial charge in [0.15, 0.2) is 5.96 Å². The highest BCUT2D eigenvalue weighted by Gasteiger charge is 2.58. The Morgan fingerprint density at radius 3 is 2.43 bits per heavy atom. The molecule has 1 aromatic rings. The van der Waals surface area contributed by atoms with Crippen LogP contribution in [0.1, 0.15) is 13.3 Å². The molecule has 2 fully saturated rings. The van der Waals surface area contributed by atoms with E-state index in [-0.39, 0.29) is 35.5 Å². The molecule has 4 unspecified atom stereocenters. The van der Waals surface area contributed by atoms with E-state index in [2.05, 4.69) is 27.8 Å². The van der Waals surface area contributed by atoms with E-state index < -0.39 is 0 Å². The fourth-order valence-electron chi connectivity index (χ4n) is 4.66. The number of rotatable bonds is 8.